The fourth-order valence-corrected chi connectivity index (χ4v) is 2.33. The number of anilines is 1. The molecule has 21 heavy (non-hydrogen) atoms. The van der Waals surface area contributed by atoms with Crippen molar-refractivity contribution in [3.05, 3.63) is 57.8 Å². The summed E-state index contributed by atoms with van der Waals surface area (Å²) in [6.07, 6.45) is 1.49. The molecule has 7 heteroatoms. The molecule has 1 aromatic carbocycles. The molecule has 2 amide bonds. The van der Waals surface area contributed by atoms with Gasteiger partial charge in [0, 0.05) is 11.9 Å². The Hall–Kier alpha value is -2.11. The van der Waals surface area contributed by atoms with E-state index in [0.717, 1.165) is 4.90 Å². The number of nitrogens with zero attached hydrogens (tertiary/aromatic N) is 2. The normalized spacial score (nSPS) is 13.5. The molecule has 1 N–H and O–H groups in total. The highest BCUT2D eigenvalue weighted by atomic mass is 35.5. The van der Waals surface area contributed by atoms with Crippen LogP contribution in [0.25, 0.3) is 0 Å². The van der Waals surface area contributed by atoms with Crippen molar-refractivity contribution in [3.8, 4) is 0 Å². The molecule has 0 unspecified atom stereocenters. The monoisotopic (exact) mass is 321 g/mol. The van der Waals surface area contributed by atoms with E-state index < -0.39 is 5.91 Å². The van der Waals surface area contributed by atoms with E-state index in [2.05, 4.69) is 10.3 Å². The van der Waals surface area contributed by atoms with Crippen LogP contribution in [0.3, 0.4) is 0 Å². The number of fused-ring (bicyclic) bond motifs is 1. The van der Waals surface area contributed by atoms with Crippen LogP contribution < -0.4 is 5.32 Å². The zero-order chi connectivity index (χ0) is 15.0. The second kappa shape index (κ2) is 5.35. The highest BCUT2D eigenvalue weighted by Gasteiger charge is 2.36. The molecule has 0 spiro atoms. The first-order chi connectivity index (χ1) is 10.1. The molecule has 3 rings (SSSR count). The lowest BCUT2D eigenvalue weighted by atomic mass is 10.2. The second-order valence-corrected chi connectivity index (χ2v) is 5.22. The molecule has 0 radical (unpaired) electrons. The summed E-state index contributed by atoms with van der Waals surface area (Å²) in [7, 11) is 0. The molecule has 5 nitrogen and oxygen atoms in total. The lowest BCUT2D eigenvalue weighted by Crippen LogP contribution is -2.34. The van der Waals surface area contributed by atoms with Crippen molar-refractivity contribution in [1.29, 1.82) is 0 Å². The van der Waals surface area contributed by atoms with Gasteiger partial charge in [-0.25, -0.2) is 0 Å². The Balaban J connectivity index is 1.76. The molecule has 0 bridgehead atoms. The number of benzene rings is 1. The van der Waals surface area contributed by atoms with E-state index in [4.69, 9.17) is 23.2 Å². The van der Waals surface area contributed by atoms with Crippen LogP contribution in [0, 0.1) is 0 Å². The van der Waals surface area contributed by atoms with E-state index in [1.807, 2.05) is 0 Å². The molecule has 1 aromatic heterocycles. The number of aromatic nitrogens is 1. The number of amides is 2. The van der Waals surface area contributed by atoms with Gasteiger partial charge >= 0.3 is 0 Å². The van der Waals surface area contributed by atoms with Gasteiger partial charge in [0.05, 0.1) is 22.3 Å². The van der Waals surface area contributed by atoms with Gasteiger partial charge in [0.15, 0.2) is 0 Å². The Morgan fingerprint density at radius 2 is 1.90 bits per heavy atom. The van der Waals surface area contributed by atoms with Crippen LogP contribution in [0.1, 0.15) is 20.8 Å². The van der Waals surface area contributed by atoms with Crippen LogP contribution in [0.2, 0.25) is 10.0 Å². The predicted octanol–water partition coefficient (Wildman–Crippen LogP) is 3.05. The van der Waals surface area contributed by atoms with E-state index in [9.17, 15) is 9.59 Å². The third kappa shape index (κ3) is 2.46. The molecule has 1 aliphatic heterocycles. The largest absolute Gasteiger partial charge is 0.367 e. The summed E-state index contributed by atoms with van der Waals surface area (Å²) < 4.78 is 0. The summed E-state index contributed by atoms with van der Waals surface area (Å²) in [4.78, 5) is 29.3. The topological polar surface area (TPSA) is 62.3 Å². The van der Waals surface area contributed by atoms with Crippen LogP contribution in [0.4, 0.5) is 5.69 Å². The third-order valence-electron chi connectivity index (χ3n) is 3.09. The first-order valence-electron chi connectivity index (χ1n) is 6.08. The minimum Gasteiger partial charge on any atom is -0.367 e. The molecule has 0 saturated carbocycles. The van der Waals surface area contributed by atoms with Gasteiger partial charge < -0.3 is 5.32 Å². The lowest BCUT2D eigenvalue weighted by molar-refractivity contribution is 0.0664. The molecule has 1 aliphatic rings. The molecule has 0 saturated heterocycles. The smallest absolute Gasteiger partial charge is 0.281 e. The predicted molar refractivity (Wildman–Crippen MR) is 79.7 cm³/mol. The minimum absolute atomic E-state index is 0.0337. The molecule has 0 atom stereocenters. The number of hydrogen-bond acceptors (Lipinski definition) is 4. The van der Waals surface area contributed by atoms with Gasteiger partial charge in [0.2, 0.25) is 0 Å². The van der Waals surface area contributed by atoms with E-state index in [1.54, 1.807) is 30.3 Å². The summed E-state index contributed by atoms with van der Waals surface area (Å²) in [5, 5.41) is 3.80. The van der Waals surface area contributed by atoms with E-state index >= 15 is 0 Å². The van der Waals surface area contributed by atoms with Crippen LogP contribution >= 0.6 is 23.2 Å². The molecular formula is C14H9Cl2N3O2. The number of imide groups is 1. The summed E-state index contributed by atoms with van der Waals surface area (Å²) in [6.45, 7) is 0.0337. The molecule has 106 valence electrons. The lowest BCUT2D eigenvalue weighted by Gasteiger charge is -2.15. The number of halogens is 2. The maximum absolute atomic E-state index is 12.1. The quantitative estimate of drug-likeness (QED) is 0.882. The van der Waals surface area contributed by atoms with Crippen molar-refractivity contribution in [2.45, 2.75) is 0 Å². The summed E-state index contributed by atoms with van der Waals surface area (Å²) in [5.74, 6) is -0.779. The molecule has 2 heterocycles. The summed E-state index contributed by atoms with van der Waals surface area (Å²) in [6, 6.07) is 8.18. The average molecular weight is 322 g/mol. The second-order valence-electron chi connectivity index (χ2n) is 4.40. The van der Waals surface area contributed by atoms with Crippen molar-refractivity contribution in [1.82, 2.24) is 9.88 Å². The Morgan fingerprint density at radius 1 is 1.10 bits per heavy atom. The zero-order valence-electron chi connectivity index (χ0n) is 10.6. The van der Waals surface area contributed by atoms with Crippen LogP contribution in [-0.2, 0) is 0 Å². The maximum Gasteiger partial charge on any atom is 0.281 e. The van der Waals surface area contributed by atoms with Gasteiger partial charge in [-0.15, -0.1) is 0 Å². The third-order valence-corrected chi connectivity index (χ3v) is 3.83. The summed E-state index contributed by atoms with van der Waals surface area (Å²) >= 11 is 11.7. The van der Waals surface area contributed by atoms with Crippen molar-refractivity contribution >= 4 is 40.7 Å². The highest BCUT2D eigenvalue weighted by Crippen LogP contribution is 2.25. The van der Waals surface area contributed by atoms with Crippen LogP contribution in [-0.4, -0.2) is 28.4 Å². The average Bonchev–Trinajstić information content (AvgIpc) is 2.73. The fraction of sp³-hybridized carbons (Fsp3) is 0.0714. The standard InChI is InChI=1S/C14H9Cl2N3O2/c15-10-4-3-8(6-11(10)16)18-7-19-13(20)9-2-1-5-17-12(9)14(19)21/h1-6,18H,7H2. The molecule has 2 aromatic rings. The van der Waals surface area contributed by atoms with Gasteiger partial charge in [-0.3, -0.25) is 19.5 Å². The number of nitrogens with one attached hydrogen (secondary N) is 1. The number of carbonyl (C=O) groups excluding carboxylic acids is 2. The first kappa shape index (κ1) is 13.9. The number of pyridine rings is 1. The van der Waals surface area contributed by atoms with Gasteiger partial charge in [0.25, 0.3) is 11.8 Å². The van der Waals surface area contributed by atoms with Crippen molar-refractivity contribution in [2.75, 3.05) is 12.0 Å². The Kier molecular flexibility index (Phi) is 3.53. The highest BCUT2D eigenvalue weighted by molar-refractivity contribution is 6.42. The van der Waals surface area contributed by atoms with Gasteiger partial charge in [-0.05, 0) is 30.3 Å². The van der Waals surface area contributed by atoms with Crippen molar-refractivity contribution < 1.29 is 9.59 Å². The van der Waals surface area contributed by atoms with E-state index in [1.165, 1.54) is 6.20 Å². The summed E-state index contributed by atoms with van der Waals surface area (Å²) in [5.41, 5.74) is 1.16. The van der Waals surface area contributed by atoms with E-state index in [0.29, 0.717) is 21.3 Å². The Morgan fingerprint density at radius 3 is 2.62 bits per heavy atom. The molecule has 0 aliphatic carbocycles. The molecular weight excluding hydrogens is 313 g/mol. The Labute approximate surface area is 130 Å². The van der Waals surface area contributed by atoms with Gasteiger partial charge in [-0.2, -0.15) is 0 Å². The van der Waals surface area contributed by atoms with Crippen molar-refractivity contribution in [3.63, 3.8) is 0 Å². The maximum atomic E-state index is 12.1. The SMILES string of the molecule is O=C1c2cccnc2C(=O)N1CNc1ccc(Cl)c(Cl)c1. The first-order valence-corrected chi connectivity index (χ1v) is 6.83. The molecule has 0 fully saturated rings. The zero-order valence-corrected chi connectivity index (χ0v) is 12.1. The van der Waals surface area contributed by atoms with Crippen LogP contribution in [0.5, 0.6) is 0 Å². The van der Waals surface area contributed by atoms with Gasteiger partial charge in [-0.1, -0.05) is 23.2 Å². The number of carbonyl (C=O) groups is 2. The fourth-order valence-electron chi connectivity index (χ4n) is 2.03. The van der Waals surface area contributed by atoms with Crippen LogP contribution in [0.15, 0.2) is 36.5 Å². The minimum atomic E-state index is -0.414. The Bertz CT molecular complexity index is 714. The number of rotatable bonds is 3. The van der Waals surface area contributed by atoms with Gasteiger partial charge in [0.1, 0.15) is 5.69 Å². The van der Waals surface area contributed by atoms with Crippen molar-refractivity contribution in [2.24, 2.45) is 0 Å². The number of hydrogen-bond donors (Lipinski definition) is 1. The van der Waals surface area contributed by atoms with E-state index in [-0.39, 0.29) is 18.3 Å².